The van der Waals surface area contributed by atoms with Crippen molar-refractivity contribution in [2.75, 3.05) is 24.6 Å². The highest BCUT2D eigenvalue weighted by molar-refractivity contribution is 5.97. The Labute approximate surface area is 262 Å². The van der Waals surface area contributed by atoms with Crippen LogP contribution in [0.2, 0.25) is 0 Å². The number of carbonyl (C=O) groups is 2. The minimum Gasteiger partial charge on any atom is -0.458 e. The highest BCUT2D eigenvalue weighted by atomic mass is 19.4. The van der Waals surface area contributed by atoms with Crippen LogP contribution in [-0.4, -0.2) is 48.5 Å². The van der Waals surface area contributed by atoms with E-state index in [2.05, 4.69) is 47.2 Å². The van der Waals surface area contributed by atoms with Crippen molar-refractivity contribution >= 4 is 23.2 Å². The zero-order chi connectivity index (χ0) is 32.1. The molecule has 1 unspecified atom stereocenters. The van der Waals surface area contributed by atoms with Gasteiger partial charge in [0.25, 0.3) is 0 Å². The fourth-order valence-electron chi connectivity index (χ4n) is 9.46. The van der Waals surface area contributed by atoms with Gasteiger partial charge in [-0.3, -0.25) is 9.59 Å². The van der Waals surface area contributed by atoms with Crippen LogP contribution in [0, 0.1) is 40.4 Å². The van der Waals surface area contributed by atoms with Gasteiger partial charge in [-0.05, 0) is 109 Å². The summed E-state index contributed by atoms with van der Waals surface area (Å²) in [7, 11) is 0. The van der Waals surface area contributed by atoms with Gasteiger partial charge in [0.2, 0.25) is 0 Å². The third kappa shape index (κ3) is 5.48. The highest BCUT2D eigenvalue weighted by Gasteiger charge is 2.66. The molecule has 1 aromatic carbocycles. The smallest absolute Gasteiger partial charge is 0.457 e. The predicted octanol–water partition coefficient (Wildman–Crippen LogP) is 7.38. The predicted molar refractivity (Wildman–Crippen MR) is 165 cm³/mol. The first-order chi connectivity index (χ1) is 21.4. The average molecular weight is 623 g/mol. The van der Waals surface area contributed by atoms with Gasteiger partial charge in [0.15, 0.2) is 12.4 Å². The largest absolute Gasteiger partial charge is 0.458 e. The highest BCUT2D eigenvalue weighted by Crippen LogP contribution is 2.70. The molecular weight excluding hydrogens is 581 g/mol. The monoisotopic (exact) mass is 622 g/mol. The Bertz CT molecular complexity index is 1530. The molecule has 6 atom stereocenters. The minimum atomic E-state index is -4.76. The number of benzene rings is 1. The first-order valence-electron chi connectivity index (χ1n) is 16.2. The number of alkyl halides is 3. The van der Waals surface area contributed by atoms with E-state index in [0.29, 0.717) is 25.0 Å². The van der Waals surface area contributed by atoms with Crippen molar-refractivity contribution in [2.24, 2.45) is 33.7 Å². The number of oxime groups is 1. The molecule has 3 fully saturated rings. The third-order valence-electron chi connectivity index (χ3n) is 11.5. The summed E-state index contributed by atoms with van der Waals surface area (Å²) >= 11 is 0. The molecule has 2 saturated carbocycles. The molecule has 6 nitrogen and oxygen atoms in total. The number of anilines is 1. The van der Waals surface area contributed by atoms with E-state index in [-0.39, 0.29) is 30.1 Å². The zero-order valence-corrected chi connectivity index (χ0v) is 26.2. The van der Waals surface area contributed by atoms with Crippen molar-refractivity contribution in [3.8, 4) is 11.8 Å². The molecule has 1 N–H and O–H groups in total. The van der Waals surface area contributed by atoms with Gasteiger partial charge in [-0.15, -0.1) is 0 Å². The molecular formula is C36H41F3N2O4. The SMILES string of the molecule is CC(=O)OCC(=O)[C@@]1(C#CC(F)(F)F)CC[C@H]2[C@@H]3CC(C)C4=CC(=NO)CCC4=C3[C@@H](c3ccc(N4CCCC4)cc3)C[C@@]21C. The van der Waals surface area contributed by atoms with Gasteiger partial charge in [0, 0.05) is 37.5 Å². The third-order valence-corrected chi connectivity index (χ3v) is 11.5. The quantitative estimate of drug-likeness (QED) is 0.161. The number of hydrogen-bond donors (Lipinski definition) is 1. The number of ether oxygens (including phenoxy) is 1. The van der Waals surface area contributed by atoms with Gasteiger partial charge in [0.05, 0.1) is 11.1 Å². The van der Waals surface area contributed by atoms with Crippen LogP contribution in [0.1, 0.15) is 83.6 Å². The molecule has 9 heteroatoms. The molecule has 4 aliphatic carbocycles. The number of allylic oxidation sites excluding steroid dienone is 4. The van der Waals surface area contributed by atoms with Crippen molar-refractivity contribution in [1.29, 1.82) is 0 Å². The Morgan fingerprint density at radius 2 is 1.87 bits per heavy atom. The summed E-state index contributed by atoms with van der Waals surface area (Å²) in [4.78, 5) is 28.0. The van der Waals surface area contributed by atoms with Crippen molar-refractivity contribution < 1.29 is 32.7 Å². The molecule has 45 heavy (non-hydrogen) atoms. The summed E-state index contributed by atoms with van der Waals surface area (Å²) in [5.41, 5.74) is 4.18. The van der Waals surface area contributed by atoms with E-state index >= 15 is 0 Å². The molecule has 1 aromatic rings. The first-order valence-corrected chi connectivity index (χ1v) is 16.2. The van der Waals surface area contributed by atoms with Crippen LogP contribution in [0.25, 0.3) is 0 Å². The van der Waals surface area contributed by atoms with Crippen LogP contribution in [0.5, 0.6) is 0 Å². The van der Waals surface area contributed by atoms with E-state index < -0.39 is 35.4 Å². The molecule has 6 rings (SSSR count). The van der Waals surface area contributed by atoms with E-state index in [1.54, 1.807) is 0 Å². The van der Waals surface area contributed by atoms with E-state index in [0.717, 1.165) is 50.0 Å². The maximum atomic E-state index is 14.0. The Morgan fingerprint density at radius 3 is 2.51 bits per heavy atom. The van der Waals surface area contributed by atoms with Gasteiger partial charge in [-0.2, -0.15) is 13.2 Å². The van der Waals surface area contributed by atoms with Gasteiger partial charge < -0.3 is 14.8 Å². The molecule has 0 spiro atoms. The second-order valence-electron chi connectivity index (χ2n) is 13.8. The Balaban J connectivity index is 1.51. The van der Waals surface area contributed by atoms with Gasteiger partial charge >= 0.3 is 12.1 Å². The van der Waals surface area contributed by atoms with Crippen LogP contribution in [0.4, 0.5) is 18.9 Å². The summed E-state index contributed by atoms with van der Waals surface area (Å²) < 4.78 is 46.1. The standard InChI is InChI=1S/C36H41F3N2O4/c1-22-18-29-31-12-13-35(14-15-36(37,38)39,32(43)21-45-23(2)42)34(31,3)20-30(33(29)27-11-8-25(40-44)19-28(22)27)24-6-9-26(10-7-24)41-16-4-5-17-41/h6-7,9-10,19,22,29-31,44H,4-5,8,11-13,16-18,20-21H2,1-3H3/t22?,29-,30+,31-,34-,35-/m0/s1. The minimum absolute atomic E-state index is 0.0536. The maximum absolute atomic E-state index is 14.0. The molecule has 0 radical (unpaired) electrons. The zero-order valence-electron chi connectivity index (χ0n) is 26.2. The maximum Gasteiger partial charge on any atom is 0.457 e. The molecule has 0 aromatic heterocycles. The number of rotatable bonds is 5. The van der Waals surface area contributed by atoms with E-state index in [4.69, 9.17) is 4.74 Å². The lowest BCUT2D eigenvalue weighted by atomic mass is 9.47. The summed E-state index contributed by atoms with van der Waals surface area (Å²) in [6.45, 7) is 6.75. The molecule has 1 aliphatic heterocycles. The molecule has 240 valence electrons. The lowest BCUT2D eigenvalue weighted by Gasteiger charge is -2.55. The van der Waals surface area contributed by atoms with Crippen LogP contribution >= 0.6 is 0 Å². The molecule has 1 heterocycles. The van der Waals surface area contributed by atoms with Gasteiger partial charge in [0.1, 0.15) is 0 Å². The number of ketones is 1. The number of hydrogen-bond acceptors (Lipinski definition) is 6. The first kappa shape index (κ1) is 31.4. The van der Waals surface area contributed by atoms with Crippen molar-refractivity contribution in [2.45, 2.75) is 84.2 Å². The Morgan fingerprint density at radius 1 is 1.16 bits per heavy atom. The Kier molecular flexibility index (Phi) is 8.16. The fourth-order valence-corrected chi connectivity index (χ4v) is 9.46. The number of fused-ring (bicyclic) bond motifs is 4. The molecule has 0 amide bonds. The number of esters is 1. The number of nitrogens with zero attached hydrogens (tertiary/aromatic N) is 2. The van der Waals surface area contributed by atoms with Gasteiger partial charge in [-0.25, -0.2) is 0 Å². The summed E-state index contributed by atoms with van der Waals surface area (Å²) in [6.07, 6.45) is 2.91. The van der Waals surface area contributed by atoms with Crippen molar-refractivity contribution in [3.63, 3.8) is 0 Å². The second-order valence-corrected chi connectivity index (χ2v) is 13.8. The number of Topliss-reactive ketones (excluding diaryl/α,β-unsaturated/α-hetero) is 1. The number of halogens is 3. The van der Waals surface area contributed by atoms with Crippen LogP contribution < -0.4 is 4.90 Å². The molecule has 5 aliphatic rings. The molecule has 1 saturated heterocycles. The second kappa shape index (κ2) is 11.7. The topological polar surface area (TPSA) is 79.2 Å². The van der Waals surface area contributed by atoms with Crippen molar-refractivity contribution in [1.82, 2.24) is 0 Å². The molecule has 0 bridgehead atoms. The van der Waals surface area contributed by atoms with Crippen LogP contribution in [0.3, 0.4) is 0 Å². The summed E-state index contributed by atoms with van der Waals surface area (Å²) in [5, 5.41) is 13.1. The fraction of sp³-hybridized carbons (Fsp3) is 0.583. The average Bonchev–Trinajstić information content (AvgIpc) is 3.65. The van der Waals surface area contributed by atoms with Crippen LogP contribution in [-0.2, 0) is 14.3 Å². The number of carbonyl (C=O) groups excluding carboxylic acids is 2. The van der Waals surface area contributed by atoms with Crippen LogP contribution in [0.15, 0.2) is 52.2 Å². The lowest BCUT2D eigenvalue weighted by Crippen LogP contribution is -2.52. The summed E-state index contributed by atoms with van der Waals surface area (Å²) in [6, 6.07) is 8.59. The lowest BCUT2D eigenvalue weighted by molar-refractivity contribution is -0.150. The van der Waals surface area contributed by atoms with Gasteiger partial charge in [-0.1, -0.05) is 42.6 Å². The van der Waals surface area contributed by atoms with E-state index in [9.17, 15) is 28.0 Å². The Hall–Kier alpha value is -3.54. The van der Waals surface area contributed by atoms with Crippen molar-refractivity contribution in [3.05, 3.63) is 52.6 Å². The summed E-state index contributed by atoms with van der Waals surface area (Å²) in [5.74, 6) is 2.79. The van der Waals surface area contributed by atoms with E-state index in [1.165, 1.54) is 29.6 Å². The van der Waals surface area contributed by atoms with E-state index in [1.807, 2.05) is 13.0 Å². The normalized spacial score (nSPS) is 33.5.